The van der Waals surface area contributed by atoms with Crippen LogP contribution in [0.5, 0.6) is 28.7 Å². The number of benzene rings is 5. The lowest BCUT2D eigenvalue weighted by Crippen LogP contribution is -2.43. The summed E-state index contributed by atoms with van der Waals surface area (Å²) >= 11 is 36.4. The number of aliphatic hydroxyl groups excluding tert-OH is 1. The minimum absolute atomic E-state index is 0.0417. The van der Waals surface area contributed by atoms with E-state index in [9.17, 15) is 38.7 Å². The Morgan fingerprint density at radius 2 is 0.669 bits per heavy atom. The molecule has 6 atom stereocenters. The minimum Gasteiger partial charge on any atom is -0.479 e. The van der Waals surface area contributed by atoms with Crippen molar-refractivity contribution in [3.8, 4) is 84.4 Å². The van der Waals surface area contributed by atoms with Crippen molar-refractivity contribution in [3.63, 3.8) is 0 Å². The standard InChI is InChI=1S/C23H22ClN3O3S.C23H23ClN2O3S.C22H20ClN3O3S.C22H23ClN2O2.C21H20ClN3O2/c1-25-22(28)19-12-17-21(31-19)15(5-6-26-17)16-11-14(24)9-13-10-18(30-20(13)16)23(29)27-7-3-2-4-8-27;1-13(27)20-12-18-22(30-20)16(5-6-25-18)17-11-15(24)9-14-10-19(29-21(14)17)23(28)26-7-3-2-4-8-26;23-13-8-12-9-17(22(28)26-6-2-1-3-7-26)29-19(12)15(10-13)14-4-5-25-16-11-18(21(24)27)30-20(14)16;23-15-11-14-12-20(22(26)25-9-2-1-3-10-25)27-21(14)18(13-15)16-7-8-24-19-6-4-5-17(16)19;22-14-10-13-11-18(21(26)25-8-2-1-3-9-25)27-20(13)16(12-14)15-4-6-23-17-5-7-24-19(15)17/h5-6,9,11-12,18H,2-4,7-8,10H2,1H3,(H,25,28);5-6,9,11-13,19,27H,2-4,7-8,10H2,1H3;4-5,8,10-11,17H,1-3,6-7,9H2,(H2,24,27);7-8,11,13,20H,1-6,9-10,12H2;4-7,10,12,18,24H,1-3,8-9,11H2. The summed E-state index contributed by atoms with van der Waals surface area (Å²) in [5.41, 5.74) is 26.2. The zero-order chi connectivity index (χ0) is 100.0. The highest BCUT2D eigenvalue weighted by molar-refractivity contribution is 7.22. The number of carbonyl (C=O) groups is 7. The lowest BCUT2D eigenvalue weighted by atomic mass is 9.96. The molecular weight excluding hydrogens is 2000 g/mol. The van der Waals surface area contributed by atoms with Crippen molar-refractivity contribution in [1.82, 2.24) is 59.7 Å². The molecule has 5 fully saturated rings. The average Bonchev–Trinajstić information content (AvgIpc) is 1.63. The van der Waals surface area contributed by atoms with E-state index in [1.165, 1.54) is 77.4 Å². The molecule has 145 heavy (non-hydrogen) atoms. The number of aromatic amines is 1. The van der Waals surface area contributed by atoms with E-state index in [1.54, 1.807) is 50.9 Å². The Morgan fingerprint density at radius 1 is 0.366 bits per heavy atom. The van der Waals surface area contributed by atoms with Gasteiger partial charge in [-0.2, -0.15) is 0 Å². The average molecular weight is 2110 g/mol. The van der Waals surface area contributed by atoms with Crippen LogP contribution in [0.1, 0.15) is 179 Å². The molecule has 5 N–H and O–H groups in total. The predicted octanol–water partition coefficient (Wildman–Crippen LogP) is 21.7. The number of likely N-dealkylation sites (tertiary alicyclic amines) is 5. The Morgan fingerprint density at radius 3 is 1.02 bits per heavy atom. The van der Waals surface area contributed by atoms with Crippen LogP contribution in [0.2, 0.25) is 25.1 Å². The Kier molecular flexibility index (Phi) is 29.5. The summed E-state index contributed by atoms with van der Waals surface area (Å²) in [6, 6.07) is 36.1. The summed E-state index contributed by atoms with van der Waals surface area (Å²) in [7, 11) is 1.61. The summed E-state index contributed by atoms with van der Waals surface area (Å²) in [6.45, 7) is 9.90. The van der Waals surface area contributed by atoms with Gasteiger partial charge >= 0.3 is 0 Å². The van der Waals surface area contributed by atoms with Gasteiger partial charge < -0.3 is 69.3 Å². The first kappa shape index (κ1) is 99.0. The Bertz CT molecular complexity index is 7400. The van der Waals surface area contributed by atoms with Gasteiger partial charge in [0.25, 0.3) is 41.4 Å². The highest BCUT2D eigenvalue weighted by Gasteiger charge is 2.43. The molecule has 9 aromatic heterocycles. The molecule has 14 aromatic rings. The van der Waals surface area contributed by atoms with Gasteiger partial charge in [0.05, 0.1) is 57.5 Å². The van der Waals surface area contributed by atoms with Gasteiger partial charge in [-0.15, -0.1) is 34.0 Å². The largest absolute Gasteiger partial charge is 0.479 e. The van der Waals surface area contributed by atoms with Crippen LogP contribution < -0.4 is 34.7 Å². The van der Waals surface area contributed by atoms with E-state index in [0.29, 0.717) is 84.0 Å². The fourth-order valence-corrected chi connectivity index (χ4v) is 26.2. The van der Waals surface area contributed by atoms with Crippen molar-refractivity contribution in [1.29, 1.82) is 0 Å². The van der Waals surface area contributed by atoms with Gasteiger partial charge in [-0.1, -0.05) is 58.0 Å². The second-order valence-electron chi connectivity index (χ2n) is 38.6. The molecular formula is C111H108Cl5N13O13S3. The fraction of sp³-hybridized carbons (Fsp3) is 0.369. The number of fused-ring (bicyclic) bond motifs is 10. The van der Waals surface area contributed by atoms with Crippen LogP contribution in [0.3, 0.4) is 0 Å². The number of halogens is 5. The molecule has 0 bridgehead atoms. The first-order chi connectivity index (χ1) is 70.5. The molecule has 25 rings (SSSR count). The van der Waals surface area contributed by atoms with Gasteiger partial charge in [-0.05, 0) is 249 Å². The predicted molar refractivity (Wildman–Crippen MR) is 569 cm³/mol. The molecule has 11 aliphatic rings. The third-order valence-corrected chi connectivity index (χ3v) is 33.7. The second-order valence-corrected chi connectivity index (χ2v) is 44.0. The normalized spacial score (nSPS) is 19.1. The SMILES string of the molecule is CC(O)c1cc2nccc(-c3cc(Cl)cc4c3OC(C(=O)N3CCCCC3)C4)c2s1.CNC(=O)c1cc2nccc(-c3cc(Cl)cc4c3OC(C(=O)N3CCCCC3)C4)c2s1.NC(=O)c1cc2nccc(-c3cc(Cl)cc4c3OC(C(=O)N3CCCCC3)C4)c2s1.O=C(C1Cc2cc(Cl)cc(-c3ccnc4c3CCC4)c2O1)N1CCCCC1.O=C(C1Cc2cc(Cl)cc(-c3ccnc4cc[nH]c34)c2O1)N1CCCCC1. The van der Waals surface area contributed by atoms with Crippen molar-refractivity contribution in [2.75, 3.05) is 72.5 Å². The van der Waals surface area contributed by atoms with Crippen molar-refractivity contribution in [2.45, 2.75) is 191 Å². The van der Waals surface area contributed by atoms with Crippen LogP contribution >= 0.6 is 92.0 Å². The summed E-state index contributed by atoms with van der Waals surface area (Å²) in [6.07, 6.45) is 30.2. The van der Waals surface area contributed by atoms with Gasteiger partial charge in [0, 0.05) is 255 Å². The Hall–Kier alpha value is -12.0. The van der Waals surface area contributed by atoms with Crippen LogP contribution in [0, 0.1) is 0 Å². The van der Waals surface area contributed by atoms with Gasteiger partial charge in [0.15, 0.2) is 30.5 Å². The highest BCUT2D eigenvalue weighted by Crippen LogP contribution is 2.52. The molecule has 0 radical (unpaired) electrons. The number of aliphatic hydroxyl groups is 1. The zero-order valence-electron chi connectivity index (χ0n) is 80.2. The number of ether oxygens (including phenoxy) is 5. The highest BCUT2D eigenvalue weighted by atomic mass is 35.5. The molecule has 0 spiro atoms. The number of nitrogens with one attached hydrogen (secondary N) is 2. The topological polar surface area (TPSA) is 320 Å². The molecule has 5 saturated heterocycles. The first-order valence-corrected chi connectivity index (χ1v) is 54.5. The van der Waals surface area contributed by atoms with Crippen molar-refractivity contribution in [3.05, 3.63) is 231 Å². The Balaban J connectivity index is 0.000000107. The van der Waals surface area contributed by atoms with E-state index < -0.39 is 42.5 Å². The summed E-state index contributed by atoms with van der Waals surface area (Å²) in [4.78, 5) is 126. The fourth-order valence-electron chi connectivity index (χ4n) is 21.8. The summed E-state index contributed by atoms with van der Waals surface area (Å²) < 4.78 is 33.9. The van der Waals surface area contributed by atoms with Crippen LogP contribution in [-0.4, -0.2) is 204 Å². The van der Waals surface area contributed by atoms with E-state index in [1.807, 2.05) is 134 Å². The minimum atomic E-state index is -0.551. The summed E-state index contributed by atoms with van der Waals surface area (Å²) in [5, 5.41) is 15.8. The number of hydrogen-bond acceptors (Lipinski definition) is 21. The number of primary amides is 1. The molecule has 5 aromatic carbocycles. The van der Waals surface area contributed by atoms with E-state index in [0.717, 1.165) is 291 Å². The number of H-pyrrole nitrogens is 1. The molecule has 10 aliphatic heterocycles. The smallest absolute Gasteiger partial charge is 0.263 e. The van der Waals surface area contributed by atoms with Crippen molar-refractivity contribution < 1.29 is 62.4 Å². The van der Waals surface area contributed by atoms with Crippen molar-refractivity contribution >= 4 is 175 Å². The van der Waals surface area contributed by atoms with Crippen LogP contribution in [0.25, 0.3) is 97.3 Å². The van der Waals surface area contributed by atoms with Crippen LogP contribution in [0.15, 0.2) is 152 Å². The number of piperidine rings is 5. The number of nitrogens with zero attached hydrogens (tertiary/aromatic N) is 10. The molecule has 0 saturated carbocycles. The molecule has 34 heteroatoms. The number of amides is 7. The lowest BCUT2D eigenvalue weighted by molar-refractivity contribution is -0.139. The number of hydrogen-bond donors (Lipinski definition) is 4. The molecule has 6 unspecified atom stereocenters. The molecule has 748 valence electrons. The number of aryl methyl sites for hydroxylation is 1. The lowest BCUT2D eigenvalue weighted by Gasteiger charge is -2.28. The van der Waals surface area contributed by atoms with Gasteiger partial charge in [0.1, 0.15) is 28.7 Å². The van der Waals surface area contributed by atoms with Gasteiger partial charge in [0.2, 0.25) is 0 Å². The number of nitrogens with two attached hydrogens (primary N) is 1. The monoisotopic (exact) mass is 2100 g/mol. The van der Waals surface area contributed by atoms with E-state index in [-0.39, 0.29) is 35.4 Å². The zero-order valence-corrected chi connectivity index (χ0v) is 86.5. The van der Waals surface area contributed by atoms with Gasteiger partial charge in [-0.3, -0.25) is 58.5 Å². The number of thiophene rings is 3. The van der Waals surface area contributed by atoms with Crippen molar-refractivity contribution in [2.24, 2.45) is 5.73 Å². The number of rotatable bonds is 13. The maximum absolute atomic E-state index is 13.0. The second kappa shape index (κ2) is 43.2. The number of carbonyl (C=O) groups excluding carboxylic acids is 7. The maximum atomic E-state index is 13.0. The first-order valence-electron chi connectivity index (χ1n) is 50.1. The maximum Gasteiger partial charge on any atom is 0.263 e. The third-order valence-electron chi connectivity index (χ3n) is 28.9. The van der Waals surface area contributed by atoms with Crippen LogP contribution in [0.4, 0.5) is 0 Å². The molecule has 1 aliphatic carbocycles. The number of pyridine rings is 5. The number of aromatic nitrogens is 6. The molecule has 7 amide bonds. The van der Waals surface area contributed by atoms with Gasteiger partial charge in [-0.25, -0.2) is 0 Å². The molecule has 26 nitrogen and oxygen atoms in total. The third kappa shape index (κ3) is 20.7. The quantitative estimate of drug-likeness (QED) is 0.0833. The van der Waals surface area contributed by atoms with E-state index in [2.05, 4.69) is 41.3 Å². The van der Waals surface area contributed by atoms with E-state index in [4.69, 9.17) is 87.4 Å². The Labute approximate surface area is 875 Å². The summed E-state index contributed by atoms with van der Waals surface area (Å²) in [5.74, 6) is 3.44. The van der Waals surface area contributed by atoms with E-state index >= 15 is 0 Å². The molecule has 19 heterocycles. The van der Waals surface area contributed by atoms with Crippen LogP contribution in [-0.2, 0) is 68.9 Å².